The number of alkyl halides is 1. The maximum Gasteiger partial charge on any atom is 0.317 e. The maximum atomic E-state index is 12.8. The van der Waals surface area contributed by atoms with Gasteiger partial charge in [0, 0.05) is 6.04 Å². The average molecular weight is 161 g/mol. The predicted octanol–water partition coefficient (Wildman–Crippen LogP) is 0.551. The van der Waals surface area contributed by atoms with Crippen LogP contribution in [0.3, 0.4) is 0 Å². The van der Waals surface area contributed by atoms with Gasteiger partial charge < -0.3 is 10.4 Å². The lowest BCUT2D eigenvalue weighted by molar-refractivity contribution is -0.136. The van der Waals surface area contributed by atoms with Crippen LogP contribution in [0, 0.1) is 0 Å². The van der Waals surface area contributed by atoms with Gasteiger partial charge in [-0.25, -0.2) is 4.39 Å². The summed E-state index contributed by atoms with van der Waals surface area (Å²) >= 11 is 0. The fraction of sp³-hybridized carbons (Fsp3) is 0.857. The van der Waals surface area contributed by atoms with Crippen LogP contribution in [0.15, 0.2) is 0 Å². The zero-order valence-corrected chi connectivity index (χ0v) is 6.22. The molecule has 0 spiro atoms. The van der Waals surface area contributed by atoms with E-state index in [-0.39, 0.29) is 12.6 Å². The van der Waals surface area contributed by atoms with Gasteiger partial charge in [-0.3, -0.25) is 4.79 Å². The standard InChI is InChI=1S/C7H12FNO2/c8-5-2-1-3-6(5)9-4-7(10)11/h5-6,9H,1-4H2,(H,10,11). The Bertz CT molecular complexity index is 151. The molecule has 64 valence electrons. The van der Waals surface area contributed by atoms with Crippen LogP contribution in [-0.2, 0) is 4.79 Å². The van der Waals surface area contributed by atoms with E-state index in [9.17, 15) is 9.18 Å². The molecule has 0 radical (unpaired) electrons. The van der Waals surface area contributed by atoms with Crippen molar-refractivity contribution in [2.75, 3.05) is 6.54 Å². The lowest BCUT2D eigenvalue weighted by Crippen LogP contribution is -2.36. The van der Waals surface area contributed by atoms with Gasteiger partial charge in [0.05, 0.1) is 6.54 Å². The van der Waals surface area contributed by atoms with Crippen LogP contribution in [0.4, 0.5) is 4.39 Å². The first-order valence-electron chi connectivity index (χ1n) is 3.79. The summed E-state index contributed by atoms with van der Waals surface area (Å²) in [6.07, 6.45) is 1.33. The molecule has 2 unspecified atom stereocenters. The highest BCUT2D eigenvalue weighted by Crippen LogP contribution is 2.21. The molecule has 2 N–H and O–H groups in total. The van der Waals surface area contributed by atoms with Crippen LogP contribution < -0.4 is 5.32 Å². The van der Waals surface area contributed by atoms with Crippen molar-refractivity contribution in [2.24, 2.45) is 0 Å². The Morgan fingerprint density at radius 1 is 1.64 bits per heavy atom. The quantitative estimate of drug-likeness (QED) is 0.635. The smallest absolute Gasteiger partial charge is 0.317 e. The predicted molar refractivity (Wildman–Crippen MR) is 38.2 cm³/mol. The number of hydrogen-bond acceptors (Lipinski definition) is 2. The van der Waals surface area contributed by atoms with Crippen molar-refractivity contribution >= 4 is 5.97 Å². The Morgan fingerprint density at radius 3 is 2.82 bits per heavy atom. The number of carbonyl (C=O) groups is 1. The molecule has 0 bridgehead atoms. The number of carboxylic acid groups (broad SMARTS) is 1. The molecule has 1 saturated carbocycles. The van der Waals surface area contributed by atoms with Crippen molar-refractivity contribution in [3.63, 3.8) is 0 Å². The lowest BCUT2D eigenvalue weighted by Gasteiger charge is -2.12. The number of rotatable bonds is 3. The van der Waals surface area contributed by atoms with Crippen molar-refractivity contribution in [2.45, 2.75) is 31.5 Å². The van der Waals surface area contributed by atoms with Gasteiger partial charge in [-0.2, -0.15) is 0 Å². The van der Waals surface area contributed by atoms with Crippen molar-refractivity contribution in [1.82, 2.24) is 5.32 Å². The Balaban J connectivity index is 2.20. The molecular formula is C7H12FNO2. The Morgan fingerprint density at radius 2 is 2.36 bits per heavy atom. The summed E-state index contributed by atoms with van der Waals surface area (Å²) < 4.78 is 12.8. The highest BCUT2D eigenvalue weighted by molar-refractivity contribution is 5.69. The third-order valence-corrected chi connectivity index (χ3v) is 1.95. The van der Waals surface area contributed by atoms with E-state index in [0.29, 0.717) is 6.42 Å². The molecule has 3 nitrogen and oxygen atoms in total. The third kappa shape index (κ3) is 2.46. The summed E-state index contributed by atoms with van der Waals surface area (Å²) in [6.45, 7) is -0.134. The Hall–Kier alpha value is -0.640. The molecule has 4 heteroatoms. The molecule has 0 heterocycles. The minimum absolute atomic E-state index is 0.134. The van der Waals surface area contributed by atoms with Crippen LogP contribution in [0.25, 0.3) is 0 Å². The van der Waals surface area contributed by atoms with E-state index in [0.717, 1.165) is 12.8 Å². The second kappa shape index (κ2) is 3.67. The first kappa shape index (κ1) is 8.46. The maximum absolute atomic E-state index is 12.8. The van der Waals surface area contributed by atoms with Crippen molar-refractivity contribution < 1.29 is 14.3 Å². The zero-order valence-electron chi connectivity index (χ0n) is 6.22. The number of hydrogen-bond donors (Lipinski definition) is 2. The zero-order chi connectivity index (χ0) is 8.27. The summed E-state index contributed by atoms with van der Waals surface area (Å²) in [6, 6.07) is -0.230. The summed E-state index contributed by atoms with van der Waals surface area (Å²) in [5, 5.41) is 10.9. The number of carboxylic acids is 1. The van der Waals surface area contributed by atoms with E-state index in [1.165, 1.54) is 0 Å². The van der Waals surface area contributed by atoms with Gasteiger partial charge >= 0.3 is 5.97 Å². The minimum Gasteiger partial charge on any atom is -0.480 e. The molecule has 0 aliphatic heterocycles. The molecule has 0 aromatic carbocycles. The topological polar surface area (TPSA) is 49.3 Å². The number of halogens is 1. The molecule has 0 saturated heterocycles. The van der Waals surface area contributed by atoms with E-state index < -0.39 is 12.1 Å². The summed E-state index contributed by atoms with van der Waals surface area (Å²) in [5.41, 5.74) is 0. The number of nitrogens with one attached hydrogen (secondary N) is 1. The Kier molecular flexibility index (Phi) is 2.82. The molecule has 11 heavy (non-hydrogen) atoms. The van der Waals surface area contributed by atoms with Crippen LogP contribution >= 0.6 is 0 Å². The largest absolute Gasteiger partial charge is 0.480 e. The molecule has 0 aromatic heterocycles. The molecule has 0 aromatic rings. The van der Waals surface area contributed by atoms with Crippen LogP contribution in [0.2, 0.25) is 0 Å². The first-order chi connectivity index (χ1) is 5.20. The third-order valence-electron chi connectivity index (χ3n) is 1.95. The normalized spacial score (nSPS) is 30.6. The van der Waals surface area contributed by atoms with Crippen LogP contribution in [0.5, 0.6) is 0 Å². The molecule has 2 atom stereocenters. The lowest BCUT2D eigenvalue weighted by atomic mass is 10.2. The molecule has 1 rings (SSSR count). The van der Waals surface area contributed by atoms with Crippen molar-refractivity contribution in [1.29, 1.82) is 0 Å². The van der Waals surface area contributed by atoms with E-state index in [1.54, 1.807) is 0 Å². The van der Waals surface area contributed by atoms with Crippen LogP contribution in [-0.4, -0.2) is 29.8 Å². The second-order valence-corrected chi connectivity index (χ2v) is 2.83. The van der Waals surface area contributed by atoms with Gasteiger partial charge in [-0.1, -0.05) is 0 Å². The van der Waals surface area contributed by atoms with E-state index >= 15 is 0 Å². The highest BCUT2D eigenvalue weighted by Gasteiger charge is 2.26. The SMILES string of the molecule is O=C(O)CNC1CCCC1F. The van der Waals surface area contributed by atoms with E-state index in [2.05, 4.69) is 5.32 Å². The second-order valence-electron chi connectivity index (χ2n) is 2.83. The molecule has 1 aliphatic carbocycles. The summed E-state index contributed by atoms with van der Waals surface area (Å²) in [5.74, 6) is -0.927. The molecular weight excluding hydrogens is 149 g/mol. The summed E-state index contributed by atoms with van der Waals surface area (Å²) in [7, 11) is 0. The summed E-state index contributed by atoms with van der Waals surface area (Å²) in [4.78, 5) is 10.1. The van der Waals surface area contributed by atoms with Gasteiger partial charge in [0.2, 0.25) is 0 Å². The molecule has 0 amide bonds. The monoisotopic (exact) mass is 161 g/mol. The molecule has 1 fully saturated rings. The number of aliphatic carboxylic acids is 1. The van der Waals surface area contributed by atoms with E-state index in [4.69, 9.17) is 5.11 Å². The van der Waals surface area contributed by atoms with Gasteiger partial charge in [0.1, 0.15) is 6.17 Å². The van der Waals surface area contributed by atoms with E-state index in [1.807, 2.05) is 0 Å². The van der Waals surface area contributed by atoms with Gasteiger partial charge in [-0.15, -0.1) is 0 Å². The highest BCUT2D eigenvalue weighted by atomic mass is 19.1. The van der Waals surface area contributed by atoms with Crippen molar-refractivity contribution in [3.8, 4) is 0 Å². The van der Waals surface area contributed by atoms with Crippen LogP contribution in [0.1, 0.15) is 19.3 Å². The van der Waals surface area contributed by atoms with Gasteiger partial charge in [-0.05, 0) is 19.3 Å². The average Bonchev–Trinajstić information content (AvgIpc) is 2.31. The van der Waals surface area contributed by atoms with Gasteiger partial charge in [0.25, 0.3) is 0 Å². The Labute approximate surface area is 64.6 Å². The van der Waals surface area contributed by atoms with Gasteiger partial charge in [0.15, 0.2) is 0 Å². The first-order valence-corrected chi connectivity index (χ1v) is 3.79. The minimum atomic E-state index is -0.927. The fourth-order valence-electron chi connectivity index (χ4n) is 1.36. The molecule has 1 aliphatic rings. The fourth-order valence-corrected chi connectivity index (χ4v) is 1.36. The van der Waals surface area contributed by atoms with Crippen molar-refractivity contribution in [3.05, 3.63) is 0 Å².